The second kappa shape index (κ2) is 5.17. The molecule has 0 saturated heterocycles. The molecule has 2 rings (SSSR count). The minimum atomic E-state index is -0.435. The lowest BCUT2D eigenvalue weighted by Gasteiger charge is -2.19. The average Bonchev–Trinajstić information content (AvgIpc) is 2.59. The minimum Gasteiger partial charge on any atom is -0.320 e. The molecular weight excluding hydrogens is 291 g/mol. The molecule has 0 saturated carbocycles. The van der Waals surface area contributed by atoms with Crippen molar-refractivity contribution in [2.24, 2.45) is 5.73 Å². The normalized spacial score (nSPS) is 15.3. The Labute approximate surface area is 110 Å². The van der Waals surface area contributed by atoms with Crippen LogP contribution in [0.1, 0.15) is 12.5 Å². The number of halogens is 2. The Morgan fingerprint density at radius 3 is 2.88 bits per heavy atom. The summed E-state index contributed by atoms with van der Waals surface area (Å²) in [6, 6.07) is 5.59. The highest BCUT2D eigenvalue weighted by atomic mass is 79.9. The third kappa shape index (κ3) is 2.39. The van der Waals surface area contributed by atoms with Gasteiger partial charge in [0.1, 0.15) is 0 Å². The number of carbonyl (C=O) groups is 1. The van der Waals surface area contributed by atoms with Crippen molar-refractivity contribution >= 4 is 39.9 Å². The molecule has 2 N–H and O–H groups in total. The van der Waals surface area contributed by atoms with Gasteiger partial charge in [0.2, 0.25) is 5.91 Å². The molecule has 0 fully saturated rings. The van der Waals surface area contributed by atoms with E-state index in [0.717, 1.165) is 23.1 Å². The lowest BCUT2D eigenvalue weighted by atomic mass is 10.2. The number of rotatable bonds is 1. The van der Waals surface area contributed by atoms with Gasteiger partial charge in [0.15, 0.2) is 0 Å². The fourth-order valence-corrected chi connectivity index (χ4v) is 2.18. The van der Waals surface area contributed by atoms with Crippen LogP contribution in [0.3, 0.4) is 0 Å². The third-order valence-electron chi connectivity index (χ3n) is 2.60. The summed E-state index contributed by atoms with van der Waals surface area (Å²) in [5.41, 5.74) is 7.82. The number of hydrogen-bond acceptors (Lipinski definition) is 2. The smallest absolute Gasteiger partial charge is 0.243 e. The van der Waals surface area contributed by atoms with Crippen molar-refractivity contribution in [3.05, 3.63) is 28.2 Å². The maximum Gasteiger partial charge on any atom is 0.243 e. The average molecular weight is 306 g/mol. The van der Waals surface area contributed by atoms with Gasteiger partial charge in [-0.05, 0) is 31.0 Å². The summed E-state index contributed by atoms with van der Waals surface area (Å²) in [7, 11) is 0. The van der Waals surface area contributed by atoms with Crippen molar-refractivity contribution in [2.45, 2.75) is 19.4 Å². The number of nitrogens with zero attached hydrogens (tertiary/aromatic N) is 1. The number of fused-ring (bicyclic) bond motifs is 1. The van der Waals surface area contributed by atoms with Crippen LogP contribution in [0.15, 0.2) is 22.7 Å². The number of nitrogens with two attached hydrogens (primary N) is 1. The van der Waals surface area contributed by atoms with Crippen LogP contribution in [0.25, 0.3) is 0 Å². The molecule has 0 bridgehead atoms. The van der Waals surface area contributed by atoms with Crippen LogP contribution >= 0.6 is 28.3 Å². The fourth-order valence-electron chi connectivity index (χ4n) is 1.83. The van der Waals surface area contributed by atoms with E-state index in [9.17, 15) is 4.79 Å². The van der Waals surface area contributed by atoms with Crippen LogP contribution < -0.4 is 10.6 Å². The minimum absolute atomic E-state index is 0. The largest absolute Gasteiger partial charge is 0.320 e. The van der Waals surface area contributed by atoms with E-state index in [0.29, 0.717) is 0 Å². The molecule has 0 aromatic heterocycles. The second-order valence-corrected chi connectivity index (χ2v) is 4.72. The monoisotopic (exact) mass is 304 g/mol. The van der Waals surface area contributed by atoms with Crippen LogP contribution in [-0.2, 0) is 11.2 Å². The van der Waals surface area contributed by atoms with E-state index in [-0.39, 0.29) is 18.3 Å². The molecule has 88 valence electrons. The van der Waals surface area contributed by atoms with E-state index in [4.69, 9.17) is 5.73 Å². The lowest BCUT2D eigenvalue weighted by Crippen LogP contribution is -2.41. The van der Waals surface area contributed by atoms with Gasteiger partial charge in [-0.15, -0.1) is 12.4 Å². The van der Waals surface area contributed by atoms with Gasteiger partial charge < -0.3 is 10.6 Å². The van der Waals surface area contributed by atoms with Gasteiger partial charge in [0.05, 0.1) is 6.04 Å². The van der Waals surface area contributed by atoms with Crippen molar-refractivity contribution < 1.29 is 4.79 Å². The first-order valence-corrected chi connectivity index (χ1v) is 5.74. The molecule has 1 aliphatic rings. The van der Waals surface area contributed by atoms with Gasteiger partial charge in [0, 0.05) is 16.7 Å². The summed E-state index contributed by atoms with van der Waals surface area (Å²) < 4.78 is 0.991. The molecule has 1 aromatic carbocycles. The zero-order valence-electron chi connectivity index (χ0n) is 8.94. The van der Waals surface area contributed by atoms with Crippen molar-refractivity contribution in [2.75, 3.05) is 11.4 Å². The summed E-state index contributed by atoms with van der Waals surface area (Å²) in [5.74, 6) is -0.00755. The van der Waals surface area contributed by atoms with E-state index < -0.39 is 6.04 Å². The molecule has 0 spiro atoms. The zero-order valence-corrected chi connectivity index (χ0v) is 11.3. The van der Waals surface area contributed by atoms with Crippen LogP contribution in [0.5, 0.6) is 0 Å². The van der Waals surface area contributed by atoms with Gasteiger partial charge in [0.25, 0.3) is 0 Å². The van der Waals surface area contributed by atoms with Crippen LogP contribution in [-0.4, -0.2) is 18.5 Å². The van der Waals surface area contributed by atoms with Crippen molar-refractivity contribution in [1.82, 2.24) is 0 Å². The van der Waals surface area contributed by atoms with Crippen molar-refractivity contribution in [1.29, 1.82) is 0 Å². The maximum atomic E-state index is 11.8. The Bertz CT molecular complexity index is 409. The molecule has 0 unspecified atom stereocenters. The molecule has 0 aliphatic carbocycles. The molecular formula is C11H14BrClN2O. The predicted octanol–water partition coefficient (Wildman–Crippen LogP) is 2.11. The third-order valence-corrected chi connectivity index (χ3v) is 3.09. The van der Waals surface area contributed by atoms with E-state index in [1.807, 2.05) is 18.2 Å². The fraction of sp³-hybridized carbons (Fsp3) is 0.364. The summed E-state index contributed by atoms with van der Waals surface area (Å²) in [6.07, 6.45) is 0.918. The molecule has 1 aromatic rings. The van der Waals surface area contributed by atoms with Gasteiger partial charge in [-0.2, -0.15) is 0 Å². The molecule has 0 radical (unpaired) electrons. The Hall–Kier alpha value is -0.580. The first-order chi connectivity index (χ1) is 7.09. The van der Waals surface area contributed by atoms with Gasteiger partial charge >= 0.3 is 0 Å². The summed E-state index contributed by atoms with van der Waals surface area (Å²) >= 11 is 3.41. The van der Waals surface area contributed by atoms with E-state index in [1.54, 1.807) is 11.8 Å². The first-order valence-electron chi connectivity index (χ1n) is 4.95. The summed E-state index contributed by atoms with van der Waals surface area (Å²) in [6.45, 7) is 2.46. The van der Waals surface area contributed by atoms with Crippen LogP contribution in [0, 0.1) is 0 Å². The summed E-state index contributed by atoms with van der Waals surface area (Å²) in [5, 5.41) is 0. The van der Waals surface area contributed by atoms with Gasteiger partial charge in [-0.1, -0.05) is 22.0 Å². The Balaban J connectivity index is 0.00000128. The van der Waals surface area contributed by atoms with Crippen LogP contribution in [0.4, 0.5) is 5.69 Å². The predicted molar refractivity (Wildman–Crippen MR) is 71.1 cm³/mol. The van der Waals surface area contributed by atoms with Gasteiger partial charge in [-0.3, -0.25) is 4.79 Å². The SMILES string of the molecule is C[C@@H](N)C(=O)N1CCc2ccc(Br)cc21.Cl. The highest BCUT2D eigenvalue weighted by Gasteiger charge is 2.26. The standard InChI is InChI=1S/C11H13BrN2O.ClH/c1-7(13)11(15)14-5-4-8-2-3-9(12)6-10(8)14;/h2-3,6-7H,4-5,13H2,1H3;1H/t7-;/m1./s1. The lowest BCUT2D eigenvalue weighted by molar-refractivity contribution is -0.119. The van der Waals surface area contributed by atoms with E-state index >= 15 is 0 Å². The van der Waals surface area contributed by atoms with Gasteiger partial charge in [-0.25, -0.2) is 0 Å². The Morgan fingerprint density at radius 1 is 1.56 bits per heavy atom. The Morgan fingerprint density at radius 2 is 2.25 bits per heavy atom. The molecule has 1 atom stereocenters. The van der Waals surface area contributed by atoms with E-state index in [2.05, 4.69) is 15.9 Å². The number of benzene rings is 1. The Kier molecular flexibility index (Phi) is 4.35. The van der Waals surface area contributed by atoms with Crippen molar-refractivity contribution in [3.8, 4) is 0 Å². The summed E-state index contributed by atoms with van der Waals surface area (Å²) in [4.78, 5) is 13.6. The molecule has 3 nitrogen and oxygen atoms in total. The zero-order chi connectivity index (χ0) is 11.0. The highest BCUT2D eigenvalue weighted by Crippen LogP contribution is 2.31. The first kappa shape index (κ1) is 13.5. The molecule has 1 aliphatic heterocycles. The topological polar surface area (TPSA) is 46.3 Å². The highest BCUT2D eigenvalue weighted by molar-refractivity contribution is 9.10. The van der Waals surface area contributed by atoms with Crippen molar-refractivity contribution in [3.63, 3.8) is 0 Å². The number of carbonyl (C=O) groups excluding carboxylic acids is 1. The molecule has 16 heavy (non-hydrogen) atoms. The number of hydrogen-bond donors (Lipinski definition) is 1. The second-order valence-electron chi connectivity index (χ2n) is 3.80. The molecule has 5 heteroatoms. The quantitative estimate of drug-likeness (QED) is 0.864. The maximum absolute atomic E-state index is 11.8. The van der Waals surface area contributed by atoms with Crippen LogP contribution in [0.2, 0.25) is 0 Å². The van der Waals surface area contributed by atoms with E-state index in [1.165, 1.54) is 5.56 Å². The molecule has 1 amide bonds. The number of amides is 1. The molecule has 1 heterocycles. The number of anilines is 1.